The number of hydrogen-bond acceptors (Lipinski definition) is 5. The van der Waals surface area contributed by atoms with Crippen LogP contribution in [0.1, 0.15) is 58.7 Å². The Morgan fingerprint density at radius 2 is 1.81 bits per heavy atom. The first-order valence-corrected chi connectivity index (χ1v) is 13.4. The first-order chi connectivity index (χ1) is 17.9. The van der Waals surface area contributed by atoms with Crippen LogP contribution in [0.5, 0.6) is 5.75 Å². The number of fused-ring (bicyclic) bond motifs is 2. The molecule has 1 atom stereocenters. The minimum absolute atomic E-state index is 0.0691. The number of hydrogen-bond donors (Lipinski definition) is 0. The molecule has 1 fully saturated rings. The van der Waals surface area contributed by atoms with E-state index in [9.17, 15) is 5.26 Å². The van der Waals surface area contributed by atoms with Crippen molar-refractivity contribution < 1.29 is 9.47 Å². The quantitative estimate of drug-likeness (QED) is 0.265. The lowest BCUT2D eigenvalue weighted by Crippen LogP contribution is -2.39. The Morgan fingerprint density at radius 3 is 2.54 bits per heavy atom. The summed E-state index contributed by atoms with van der Waals surface area (Å²) in [4.78, 5) is 2.44. The van der Waals surface area contributed by atoms with Gasteiger partial charge in [0.05, 0.1) is 17.1 Å². The lowest BCUT2D eigenvalue weighted by molar-refractivity contribution is -0.0365. The van der Waals surface area contributed by atoms with Crippen LogP contribution in [0.2, 0.25) is 0 Å². The summed E-state index contributed by atoms with van der Waals surface area (Å²) < 4.78 is 14.2. The highest BCUT2D eigenvalue weighted by atomic mass is 16.5. The van der Waals surface area contributed by atoms with E-state index in [1.54, 1.807) is 0 Å². The van der Waals surface area contributed by atoms with Crippen LogP contribution in [0, 0.1) is 11.3 Å². The molecule has 1 aliphatic rings. The van der Waals surface area contributed by atoms with E-state index in [2.05, 4.69) is 69.0 Å². The van der Waals surface area contributed by atoms with Gasteiger partial charge < -0.3 is 9.47 Å². The normalized spacial score (nSPS) is 16.2. The molecule has 0 bridgehead atoms. The molecule has 0 spiro atoms. The van der Waals surface area contributed by atoms with Crippen molar-refractivity contribution in [1.82, 2.24) is 14.7 Å². The van der Waals surface area contributed by atoms with Crippen molar-refractivity contribution in [2.75, 3.05) is 19.8 Å². The zero-order valence-corrected chi connectivity index (χ0v) is 22.3. The smallest absolute Gasteiger partial charge is 0.150 e. The van der Waals surface area contributed by atoms with Crippen LogP contribution in [-0.4, -0.2) is 46.5 Å². The second-order valence-electron chi connectivity index (χ2n) is 10.5. The van der Waals surface area contributed by atoms with Gasteiger partial charge in [-0.25, -0.2) is 4.68 Å². The van der Waals surface area contributed by atoms with Crippen molar-refractivity contribution in [2.24, 2.45) is 0 Å². The van der Waals surface area contributed by atoms with Crippen molar-refractivity contribution in [1.29, 1.82) is 5.26 Å². The summed E-state index contributed by atoms with van der Waals surface area (Å²) in [7, 11) is 0. The van der Waals surface area contributed by atoms with E-state index in [4.69, 9.17) is 14.6 Å². The Kier molecular flexibility index (Phi) is 7.45. The highest BCUT2D eigenvalue weighted by Gasteiger charge is 2.22. The molecule has 0 saturated carbocycles. The molecule has 4 aromatic rings. The van der Waals surface area contributed by atoms with E-state index in [1.165, 1.54) is 0 Å². The van der Waals surface area contributed by atoms with Gasteiger partial charge in [-0.05, 0) is 94.1 Å². The Morgan fingerprint density at radius 1 is 1.03 bits per heavy atom. The highest BCUT2D eigenvalue weighted by molar-refractivity contribution is 5.97. The van der Waals surface area contributed by atoms with E-state index < -0.39 is 0 Å². The molecule has 1 unspecified atom stereocenters. The molecule has 3 aromatic carbocycles. The fraction of sp³-hybridized carbons (Fsp3) is 0.419. The minimum atomic E-state index is -0.0691. The lowest BCUT2D eigenvalue weighted by atomic mass is 10.0. The SMILES string of the molecule is CC(C)N(CCOc1ccc2cc(-c3nn(C4CCCCO4)c4ccc(C#N)cc34)ccc2c1)C(C)C. The molecule has 0 N–H and O–H groups in total. The van der Waals surface area contributed by atoms with Gasteiger partial charge in [0.2, 0.25) is 0 Å². The fourth-order valence-electron chi connectivity index (χ4n) is 5.40. The zero-order chi connectivity index (χ0) is 25.9. The Labute approximate surface area is 219 Å². The summed E-state index contributed by atoms with van der Waals surface area (Å²) in [5.74, 6) is 0.885. The monoisotopic (exact) mass is 496 g/mol. The Hall–Kier alpha value is -3.40. The minimum Gasteiger partial charge on any atom is -0.492 e. The van der Waals surface area contributed by atoms with Crippen LogP contribution in [-0.2, 0) is 4.74 Å². The largest absolute Gasteiger partial charge is 0.492 e. The van der Waals surface area contributed by atoms with Crippen LogP contribution in [0.4, 0.5) is 0 Å². The van der Waals surface area contributed by atoms with Crippen molar-refractivity contribution in [3.8, 4) is 23.1 Å². The maximum Gasteiger partial charge on any atom is 0.150 e. The maximum absolute atomic E-state index is 9.51. The third-order valence-electron chi connectivity index (χ3n) is 7.29. The molecule has 6 nitrogen and oxygen atoms in total. The third kappa shape index (κ3) is 5.34. The standard InChI is InChI=1S/C31H36N4O2/c1-21(2)34(22(3)4)14-16-36-27-12-11-24-18-26(10-9-25(24)19-27)31-28-17-23(20-32)8-13-29(28)35(33-31)30-7-5-6-15-37-30/h8-13,17-19,21-22,30H,5-7,14-16H2,1-4H3. The molecule has 0 aliphatic carbocycles. The van der Waals surface area contributed by atoms with Gasteiger partial charge in [-0.15, -0.1) is 0 Å². The van der Waals surface area contributed by atoms with Crippen LogP contribution in [0.3, 0.4) is 0 Å². The van der Waals surface area contributed by atoms with E-state index in [1.807, 2.05) is 28.9 Å². The van der Waals surface area contributed by atoms with Gasteiger partial charge in [0.25, 0.3) is 0 Å². The molecule has 192 valence electrons. The molecular formula is C31H36N4O2. The molecular weight excluding hydrogens is 460 g/mol. The molecule has 0 amide bonds. The van der Waals surface area contributed by atoms with Crippen molar-refractivity contribution in [3.63, 3.8) is 0 Å². The third-order valence-corrected chi connectivity index (χ3v) is 7.29. The maximum atomic E-state index is 9.51. The topological polar surface area (TPSA) is 63.3 Å². The van der Waals surface area contributed by atoms with E-state index >= 15 is 0 Å². The molecule has 1 saturated heterocycles. The van der Waals surface area contributed by atoms with Crippen molar-refractivity contribution in [2.45, 2.75) is 65.3 Å². The molecule has 6 heteroatoms. The van der Waals surface area contributed by atoms with Crippen molar-refractivity contribution >= 4 is 21.7 Å². The first kappa shape index (κ1) is 25.3. The summed E-state index contributed by atoms with van der Waals surface area (Å²) in [5.41, 5.74) is 3.54. The van der Waals surface area contributed by atoms with Gasteiger partial charge in [-0.2, -0.15) is 10.4 Å². The van der Waals surface area contributed by atoms with E-state index in [-0.39, 0.29) is 6.23 Å². The molecule has 1 aromatic heterocycles. The van der Waals surface area contributed by atoms with Gasteiger partial charge in [0.1, 0.15) is 18.1 Å². The summed E-state index contributed by atoms with van der Waals surface area (Å²) in [5, 5.41) is 17.8. The number of rotatable bonds is 8. The number of nitrogens with zero attached hydrogens (tertiary/aromatic N) is 4. The van der Waals surface area contributed by atoms with Gasteiger partial charge >= 0.3 is 0 Å². The summed E-state index contributed by atoms with van der Waals surface area (Å²) in [6, 6.07) is 21.7. The average Bonchev–Trinajstić information content (AvgIpc) is 3.29. The summed E-state index contributed by atoms with van der Waals surface area (Å²) in [6.07, 6.45) is 3.10. The van der Waals surface area contributed by atoms with E-state index in [0.29, 0.717) is 24.3 Å². The predicted molar refractivity (Wildman–Crippen MR) is 149 cm³/mol. The number of aromatic nitrogens is 2. The molecule has 0 radical (unpaired) electrons. The second kappa shape index (κ2) is 10.9. The Bertz CT molecular complexity index is 1420. The number of nitriles is 1. The van der Waals surface area contributed by atoms with Gasteiger partial charge in [0, 0.05) is 36.2 Å². The van der Waals surface area contributed by atoms with Crippen LogP contribution >= 0.6 is 0 Å². The zero-order valence-electron chi connectivity index (χ0n) is 22.3. The van der Waals surface area contributed by atoms with Crippen LogP contribution in [0.25, 0.3) is 32.9 Å². The van der Waals surface area contributed by atoms with Crippen molar-refractivity contribution in [3.05, 3.63) is 60.2 Å². The van der Waals surface area contributed by atoms with Gasteiger partial charge in [-0.3, -0.25) is 4.90 Å². The van der Waals surface area contributed by atoms with Gasteiger partial charge in [0.15, 0.2) is 6.23 Å². The second-order valence-corrected chi connectivity index (χ2v) is 10.5. The number of ether oxygens (including phenoxy) is 2. The predicted octanol–water partition coefficient (Wildman–Crippen LogP) is 6.92. The summed E-state index contributed by atoms with van der Waals surface area (Å²) in [6.45, 7) is 11.2. The summed E-state index contributed by atoms with van der Waals surface area (Å²) >= 11 is 0. The first-order valence-electron chi connectivity index (χ1n) is 13.4. The highest BCUT2D eigenvalue weighted by Crippen LogP contribution is 2.35. The average molecular weight is 497 g/mol. The van der Waals surface area contributed by atoms with Gasteiger partial charge in [-0.1, -0.05) is 18.2 Å². The Balaban J connectivity index is 1.43. The van der Waals surface area contributed by atoms with Crippen LogP contribution in [0.15, 0.2) is 54.6 Å². The molecule has 2 heterocycles. The van der Waals surface area contributed by atoms with Crippen LogP contribution < -0.4 is 4.74 Å². The fourth-order valence-corrected chi connectivity index (χ4v) is 5.40. The number of benzene rings is 3. The lowest BCUT2D eigenvalue weighted by Gasteiger charge is -2.30. The van der Waals surface area contributed by atoms with E-state index in [0.717, 1.165) is 71.1 Å². The molecule has 37 heavy (non-hydrogen) atoms. The molecule has 1 aliphatic heterocycles. The molecule has 5 rings (SSSR count).